The van der Waals surface area contributed by atoms with Crippen LogP contribution in [0.3, 0.4) is 0 Å². The Hall–Kier alpha value is -0.120. The summed E-state index contributed by atoms with van der Waals surface area (Å²) < 4.78 is 5.34. The average Bonchev–Trinajstić information content (AvgIpc) is 2.21. The second kappa shape index (κ2) is 4.21. The van der Waals surface area contributed by atoms with Gasteiger partial charge in [0.05, 0.1) is 0 Å². The zero-order valence-electron chi connectivity index (χ0n) is 7.54. The molecule has 0 N–H and O–H groups in total. The molecule has 0 aliphatic carbocycles. The summed E-state index contributed by atoms with van der Waals surface area (Å²) in [6, 6.07) is 0.786. The summed E-state index contributed by atoms with van der Waals surface area (Å²) in [6.45, 7) is 6.33. The molecule has 0 aromatic carbocycles. The van der Waals surface area contributed by atoms with Crippen molar-refractivity contribution in [2.45, 2.75) is 18.9 Å². The molecule has 2 saturated heterocycles. The number of piperazine rings is 1. The molecule has 0 spiro atoms. The fraction of sp³-hybridized carbons (Fsp3) is 1.00. The third kappa shape index (κ3) is 1.97. The summed E-state index contributed by atoms with van der Waals surface area (Å²) in [6.07, 6.45) is 2.44. The third-order valence-electron chi connectivity index (χ3n) is 2.80. The maximum absolute atomic E-state index is 5.34. The highest BCUT2D eigenvalue weighted by Gasteiger charge is 2.22. The number of hydrogen-bond acceptors (Lipinski definition) is 2. The van der Waals surface area contributed by atoms with Crippen LogP contribution in [0.5, 0.6) is 0 Å². The minimum Gasteiger partial charge on any atom is -0.381 e. The van der Waals surface area contributed by atoms with E-state index in [0.717, 1.165) is 32.3 Å². The van der Waals surface area contributed by atoms with Gasteiger partial charge in [0.2, 0.25) is 0 Å². The topological polar surface area (TPSA) is 26.6 Å². The van der Waals surface area contributed by atoms with Crippen molar-refractivity contribution >= 4 is 0 Å². The van der Waals surface area contributed by atoms with Crippen LogP contribution in [0.15, 0.2) is 0 Å². The van der Waals surface area contributed by atoms with Gasteiger partial charge in [0.15, 0.2) is 0 Å². The molecule has 2 heterocycles. The monoisotopic (exact) mass is 169 g/mol. The molecule has 12 heavy (non-hydrogen) atoms. The van der Waals surface area contributed by atoms with E-state index in [1.807, 2.05) is 0 Å². The Kier molecular flexibility index (Phi) is 2.98. The standard InChI is InChI=1S/C9H17N2O/c1-7-12-8-2-9(1)11-5-3-10-4-6-11/h9H,1-8H2. The molecule has 2 rings (SSSR count). The average molecular weight is 169 g/mol. The molecule has 0 saturated carbocycles. The SMILES string of the molecule is C1CN(C2CCOCC2)CC[N]1. The first-order valence-electron chi connectivity index (χ1n) is 4.92. The van der Waals surface area contributed by atoms with Crippen molar-refractivity contribution in [1.82, 2.24) is 10.2 Å². The Morgan fingerprint density at radius 3 is 2.42 bits per heavy atom. The van der Waals surface area contributed by atoms with Gasteiger partial charge in [-0.3, -0.25) is 4.90 Å². The van der Waals surface area contributed by atoms with Gasteiger partial charge in [0.1, 0.15) is 0 Å². The maximum Gasteiger partial charge on any atom is 0.0480 e. The van der Waals surface area contributed by atoms with E-state index in [1.165, 1.54) is 25.9 Å². The van der Waals surface area contributed by atoms with Gasteiger partial charge in [-0.15, -0.1) is 0 Å². The second-order valence-electron chi connectivity index (χ2n) is 3.55. The minimum absolute atomic E-state index is 0.786. The normalized spacial score (nSPS) is 29.0. The minimum atomic E-state index is 0.786. The van der Waals surface area contributed by atoms with E-state index in [4.69, 9.17) is 4.74 Å². The maximum atomic E-state index is 5.34. The molecule has 2 fully saturated rings. The van der Waals surface area contributed by atoms with E-state index >= 15 is 0 Å². The van der Waals surface area contributed by atoms with E-state index in [1.54, 1.807) is 0 Å². The van der Waals surface area contributed by atoms with Gasteiger partial charge < -0.3 is 4.74 Å². The summed E-state index contributed by atoms with van der Waals surface area (Å²) in [5.74, 6) is 0. The van der Waals surface area contributed by atoms with E-state index in [2.05, 4.69) is 10.2 Å². The zero-order valence-corrected chi connectivity index (χ0v) is 7.54. The molecule has 0 bridgehead atoms. The molecule has 3 heteroatoms. The highest BCUT2D eigenvalue weighted by atomic mass is 16.5. The van der Waals surface area contributed by atoms with E-state index in [9.17, 15) is 0 Å². The van der Waals surface area contributed by atoms with Crippen molar-refractivity contribution in [3.05, 3.63) is 0 Å². The molecule has 0 aromatic heterocycles. The molecular weight excluding hydrogens is 152 g/mol. The number of nitrogens with zero attached hydrogens (tertiary/aromatic N) is 2. The van der Waals surface area contributed by atoms with Crippen LogP contribution in [-0.4, -0.2) is 50.3 Å². The fourth-order valence-corrected chi connectivity index (χ4v) is 2.04. The van der Waals surface area contributed by atoms with E-state index in [-0.39, 0.29) is 0 Å². The lowest BCUT2D eigenvalue weighted by Gasteiger charge is -2.36. The summed E-state index contributed by atoms with van der Waals surface area (Å²) in [4.78, 5) is 2.58. The van der Waals surface area contributed by atoms with Crippen molar-refractivity contribution in [3.63, 3.8) is 0 Å². The predicted molar refractivity (Wildman–Crippen MR) is 47.3 cm³/mol. The Morgan fingerprint density at radius 1 is 1.08 bits per heavy atom. The van der Waals surface area contributed by atoms with Gasteiger partial charge >= 0.3 is 0 Å². The van der Waals surface area contributed by atoms with Crippen LogP contribution in [0.2, 0.25) is 0 Å². The molecule has 0 unspecified atom stereocenters. The molecule has 0 aromatic rings. The molecule has 2 aliphatic rings. The lowest BCUT2D eigenvalue weighted by atomic mass is 10.1. The molecule has 1 radical (unpaired) electrons. The largest absolute Gasteiger partial charge is 0.381 e. The van der Waals surface area contributed by atoms with Crippen molar-refractivity contribution in [1.29, 1.82) is 0 Å². The third-order valence-corrected chi connectivity index (χ3v) is 2.80. The first-order valence-corrected chi connectivity index (χ1v) is 4.92. The summed E-state index contributed by atoms with van der Waals surface area (Å²) in [7, 11) is 0. The highest BCUT2D eigenvalue weighted by Crippen LogP contribution is 2.14. The van der Waals surface area contributed by atoms with Crippen LogP contribution in [0, 0.1) is 0 Å². The fourth-order valence-electron chi connectivity index (χ4n) is 2.04. The number of ether oxygens (including phenoxy) is 1. The highest BCUT2D eigenvalue weighted by molar-refractivity contribution is 4.78. The Balaban J connectivity index is 1.80. The van der Waals surface area contributed by atoms with Gasteiger partial charge in [-0.25, -0.2) is 5.32 Å². The number of rotatable bonds is 1. The summed E-state index contributed by atoms with van der Waals surface area (Å²) in [5.41, 5.74) is 0. The Morgan fingerprint density at radius 2 is 1.75 bits per heavy atom. The second-order valence-corrected chi connectivity index (χ2v) is 3.55. The van der Waals surface area contributed by atoms with Crippen molar-refractivity contribution in [3.8, 4) is 0 Å². The quantitative estimate of drug-likeness (QED) is 0.556. The van der Waals surface area contributed by atoms with Gasteiger partial charge in [0, 0.05) is 45.4 Å². The van der Waals surface area contributed by atoms with Gasteiger partial charge in [-0.2, -0.15) is 0 Å². The first kappa shape index (κ1) is 8.48. The van der Waals surface area contributed by atoms with Crippen molar-refractivity contribution in [2.24, 2.45) is 0 Å². The molecule has 0 amide bonds. The Bertz CT molecular complexity index is 112. The van der Waals surface area contributed by atoms with Crippen LogP contribution < -0.4 is 5.32 Å². The predicted octanol–water partition coefficient (Wildman–Crippen LogP) is 0.0854. The van der Waals surface area contributed by atoms with Crippen molar-refractivity contribution < 1.29 is 4.74 Å². The molecular formula is C9H17N2O. The first-order chi connectivity index (χ1) is 5.97. The molecule has 0 atom stereocenters. The van der Waals surface area contributed by atoms with Gasteiger partial charge in [0.25, 0.3) is 0 Å². The Labute approximate surface area is 74.1 Å². The van der Waals surface area contributed by atoms with Crippen LogP contribution >= 0.6 is 0 Å². The summed E-state index contributed by atoms with van der Waals surface area (Å²) in [5, 5.41) is 4.35. The van der Waals surface area contributed by atoms with Crippen LogP contribution in [0.1, 0.15) is 12.8 Å². The lowest BCUT2D eigenvalue weighted by Crippen LogP contribution is -2.47. The van der Waals surface area contributed by atoms with E-state index < -0.39 is 0 Å². The summed E-state index contributed by atoms with van der Waals surface area (Å²) >= 11 is 0. The lowest BCUT2D eigenvalue weighted by molar-refractivity contribution is 0.0296. The number of hydrogen-bond donors (Lipinski definition) is 0. The molecule has 3 nitrogen and oxygen atoms in total. The molecule has 2 aliphatic heterocycles. The van der Waals surface area contributed by atoms with E-state index in [0.29, 0.717) is 0 Å². The van der Waals surface area contributed by atoms with Crippen LogP contribution in [-0.2, 0) is 4.74 Å². The van der Waals surface area contributed by atoms with Gasteiger partial charge in [-0.05, 0) is 12.8 Å². The van der Waals surface area contributed by atoms with Gasteiger partial charge in [-0.1, -0.05) is 0 Å². The zero-order chi connectivity index (χ0) is 8.23. The van der Waals surface area contributed by atoms with Crippen LogP contribution in [0.4, 0.5) is 0 Å². The van der Waals surface area contributed by atoms with Crippen LogP contribution in [0.25, 0.3) is 0 Å². The smallest absolute Gasteiger partial charge is 0.0480 e. The van der Waals surface area contributed by atoms with Crippen molar-refractivity contribution in [2.75, 3.05) is 39.4 Å². The molecule has 69 valence electrons.